The molecule has 0 amide bonds. The number of phenolic OH excluding ortho intramolecular Hbond substituents is 1. The Bertz CT molecular complexity index is 1120. The number of allylic oxidation sites excluding steroid dienone is 1. The number of anilines is 1. The summed E-state index contributed by atoms with van der Waals surface area (Å²) in [7, 11) is 0. The van der Waals surface area contributed by atoms with E-state index in [4.69, 9.17) is 14.6 Å². The largest absolute Gasteiger partial charge is 0.508 e. The third-order valence-corrected chi connectivity index (χ3v) is 4.98. The van der Waals surface area contributed by atoms with Gasteiger partial charge in [-0.2, -0.15) is 4.98 Å². The zero-order valence-corrected chi connectivity index (χ0v) is 17.6. The Morgan fingerprint density at radius 2 is 1.81 bits per heavy atom. The molecule has 2 N–H and O–H groups in total. The van der Waals surface area contributed by atoms with Crippen LogP contribution < -0.4 is 10.1 Å². The molecular formula is C23H24N4O4. The van der Waals surface area contributed by atoms with Gasteiger partial charge in [-0.15, -0.1) is 5.10 Å². The van der Waals surface area contributed by atoms with Crippen molar-refractivity contribution in [3.63, 3.8) is 0 Å². The molecule has 0 fully saturated rings. The minimum Gasteiger partial charge on any atom is -0.508 e. The quantitative estimate of drug-likeness (QED) is 0.584. The van der Waals surface area contributed by atoms with Crippen LogP contribution in [0.1, 0.15) is 32.4 Å². The van der Waals surface area contributed by atoms with E-state index < -0.39 is 12.0 Å². The summed E-state index contributed by atoms with van der Waals surface area (Å²) in [5.74, 6) is 1.54. The van der Waals surface area contributed by atoms with E-state index in [1.54, 1.807) is 35.9 Å². The molecule has 0 saturated heterocycles. The highest BCUT2D eigenvalue weighted by Crippen LogP contribution is 2.37. The van der Waals surface area contributed by atoms with Crippen molar-refractivity contribution in [3.8, 4) is 22.9 Å². The maximum Gasteiger partial charge on any atom is 0.338 e. The highest BCUT2D eigenvalue weighted by atomic mass is 16.5. The van der Waals surface area contributed by atoms with Gasteiger partial charge in [-0.25, -0.2) is 9.48 Å². The first-order chi connectivity index (χ1) is 15.0. The van der Waals surface area contributed by atoms with Crippen LogP contribution in [-0.2, 0) is 9.53 Å². The Balaban J connectivity index is 1.79. The van der Waals surface area contributed by atoms with E-state index in [9.17, 15) is 9.90 Å². The van der Waals surface area contributed by atoms with Crippen molar-refractivity contribution in [2.75, 3.05) is 18.5 Å². The van der Waals surface area contributed by atoms with Gasteiger partial charge >= 0.3 is 5.97 Å². The fraction of sp³-hybridized carbons (Fsp3) is 0.261. The molecule has 0 saturated carbocycles. The first-order valence-electron chi connectivity index (χ1n) is 10.2. The molecule has 1 unspecified atom stereocenters. The van der Waals surface area contributed by atoms with Gasteiger partial charge in [0.2, 0.25) is 5.95 Å². The summed E-state index contributed by atoms with van der Waals surface area (Å²) >= 11 is 0. The Hall–Kier alpha value is -3.81. The van der Waals surface area contributed by atoms with Crippen molar-refractivity contribution >= 4 is 11.9 Å². The molecule has 160 valence electrons. The summed E-state index contributed by atoms with van der Waals surface area (Å²) in [6.07, 6.45) is 0. The fourth-order valence-corrected chi connectivity index (χ4v) is 3.58. The standard InChI is InChI=1S/C23H24N4O4/c1-4-30-18-12-8-16(9-13-18)21-25-23-24-14(3)19(22(29)31-5-2)20(27(23)26-21)15-6-10-17(28)11-7-15/h6-13,20,28H,4-5H2,1-3H3,(H,24,25,26). The Labute approximate surface area is 180 Å². The van der Waals surface area contributed by atoms with Crippen LogP contribution in [0.15, 0.2) is 59.8 Å². The van der Waals surface area contributed by atoms with Gasteiger partial charge in [0.25, 0.3) is 0 Å². The summed E-state index contributed by atoms with van der Waals surface area (Å²) in [6.45, 7) is 6.37. The number of esters is 1. The molecule has 8 heteroatoms. The molecule has 3 aromatic rings. The molecule has 1 aromatic heterocycles. The van der Waals surface area contributed by atoms with Gasteiger partial charge in [0.15, 0.2) is 5.82 Å². The van der Waals surface area contributed by atoms with Gasteiger partial charge in [-0.05, 0) is 62.7 Å². The molecule has 0 spiro atoms. The van der Waals surface area contributed by atoms with Crippen molar-refractivity contribution in [1.29, 1.82) is 0 Å². The Morgan fingerprint density at radius 1 is 1.10 bits per heavy atom. The lowest BCUT2D eigenvalue weighted by Crippen LogP contribution is -2.29. The van der Waals surface area contributed by atoms with Crippen LogP contribution >= 0.6 is 0 Å². The van der Waals surface area contributed by atoms with Gasteiger partial charge in [0.05, 0.1) is 18.8 Å². The highest BCUT2D eigenvalue weighted by Gasteiger charge is 2.35. The summed E-state index contributed by atoms with van der Waals surface area (Å²) in [6, 6.07) is 13.7. The molecule has 1 aliphatic rings. The van der Waals surface area contributed by atoms with E-state index in [2.05, 4.69) is 10.3 Å². The van der Waals surface area contributed by atoms with Crippen LogP contribution in [0, 0.1) is 0 Å². The predicted molar refractivity (Wildman–Crippen MR) is 116 cm³/mol. The molecule has 2 heterocycles. The summed E-state index contributed by atoms with van der Waals surface area (Å²) < 4.78 is 12.5. The lowest BCUT2D eigenvalue weighted by Gasteiger charge is -2.28. The van der Waals surface area contributed by atoms with Gasteiger partial charge in [0.1, 0.15) is 17.5 Å². The lowest BCUT2D eigenvalue weighted by molar-refractivity contribution is -0.139. The van der Waals surface area contributed by atoms with Crippen LogP contribution in [0.3, 0.4) is 0 Å². The third-order valence-electron chi connectivity index (χ3n) is 4.98. The number of carbonyl (C=O) groups excluding carboxylic acids is 1. The zero-order chi connectivity index (χ0) is 22.0. The first-order valence-corrected chi connectivity index (χ1v) is 10.2. The highest BCUT2D eigenvalue weighted by molar-refractivity contribution is 5.92. The normalized spacial score (nSPS) is 15.3. The Morgan fingerprint density at radius 3 is 2.45 bits per heavy atom. The van der Waals surface area contributed by atoms with Crippen molar-refractivity contribution in [2.45, 2.75) is 26.8 Å². The number of phenols is 1. The number of aromatic hydroxyl groups is 1. The smallest absolute Gasteiger partial charge is 0.338 e. The average Bonchev–Trinajstić information content (AvgIpc) is 3.18. The predicted octanol–water partition coefficient (Wildman–Crippen LogP) is 3.90. The summed E-state index contributed by atoms with van der Waals surface area (Å²) in [5, 5.41) is 17.6. The number of hydrogen-bond donors (Lipinski definition) is 2. The van der Waals surface area contributed by atoms with Crippen LogP contribution in [0.5, 0.6) is 11.5 Å². The van der Waals surface area contributed by atoms with Crippen molar-refractivity contribution in [2.24, 2.45) is 0 Å². The fourth-order valence-electron chi connectivity index (χ4n) is 3.58. The van der Waals surface area contributed by atoms with Crippen molar-refractivity contribution < 1.29 is 19.4 Å². The number of nitrogens with one attached hydrogen (secondary N) is 1. The zero-order valence-electron chi connectivity index (χ0n) is 17.6. The number of ether oxygens (including phenoxy) is 2. The van der Waals surface area contributed by atoms with E-state index >= 15 is 0 Å². The average molecular weight is 420 g/mol. The van der Waals surface area contributed by atoms with Crippen LogP contribution in [0.25, 0.3) is 11.4 Å². The van der Waals surface area contributed by atoms with Crippen LogP contribution in [0.4, 0.5) is 5.95 Å². The minimum absolute atomic E-state index is 0.143. The van der Waals surface area contributed by atoms with Gasteiger partial charge in [0, 0.05) is 11.3 Å². The second-order valence-electron chi connectivity index (χ2n) is 7.04. The first kappa shape index (κ1) is 20.5. The van der Waals surface area contributed by atoms with E-state index in [0.717, 1.165) is 16.9 Å². The number of carbonyl (C=O) groups is 1. The molecule has 8 nitrogen and oxygen atoms in total. The second-order valence-corrected chi connectivity index (χ2v) is 7.04. The van der Waals surface area contributed by atoms with E-state index in [1.807, 2.05) is 38.1 Å². The third kappa shape index (κ3) is 3.96. The Kier molecular flexibility index (Phi) is 5.62. The SMILES string of the molecule is CCOC(=O)C1=C(C)Nc2nc(-c3ccc(OCC)cc3)nn2C1c1ccc(O)cc1. The summed E-state index contributed by atoms with van der Waals surface area (Å²) in [5.41, 5.74) is 2.70. The van der Waals surface area contributed by atoms with E-state index in [-0.39, 0.29) is 12.4 Å². The molecule has 4 rings (SSSR count). The lowest BCUT2D eigenvalue weighted by atomic mass is 9.96. The maximum atomic E-state index is 12.8. The molecule has 0 aliphatic carbocycles. The molecule has 2 aromatic carbocycles. The maximum absolute atomic E-state index is 12.8. The molecule has 0 bridgehead atoms. The molecule has 31 heavy (non-hydrogen) atoms. The topological polar surface area (TPSA) is 98.5 Å². The van der Waals surface area contributed by atoms with E-state index in [0.29, 0.717) is 29.6 Å². The van der Waals surface area contributed by atoms with Gasteiger partial charge < -0.3 is 19.9 Å². The van der Waals surface area contributed by atoms with Crippen LogP contribution in [0.2, 0.25) is 0 Å². The monoisotopic (exact) mass is 420 g/mol. The molecule has 1 atom stereocenters. The number of fused-ring (bicyclic) bond motifs is 1. The van der Waals surface area contributed by atoms with E-state index in [1.165, 1.54) is 0 Å². The molecule has 0 radical (unpaired) electrons. The summed E-state index contributed by atoms with van der Waals surface area (Å²) in [4.78, 5) is 17.4. The number of aromatic nitrogens is 3. The number of rotatable bonds is 6. The van der Waals surface area contributed by atoms with Crippen molar-refractivity contribution in [3.05, 3.63) is 65.4 Å². The van der Waals surface area contributed by atoms with Crippen LogP contribution in [-0.4, -0.2) is 39.1 Å². The van der Waals surface area contributed by atoms with Crippen molar-refractivity contribution in [1.82, 2.24) is 14.8 Å². The van der Waals surface area contributed by atoms with Gasteiger partial charge in [-0.1, -0.05) is 12.1 Å². The molecular weight excluding hydrogens is 396 g/mol. The number of nitrogens with zero attached hydrogens (tertiary/aromatic N) is 3. The number of benzene rings is 2. The number of hydrogen-bond acceptors (Lipinski definition) is 7. The second kappa shape index (κ2) is 8.51. The van der Waals surface area contributed by atoms with Gasteiger partial charge in [-0.3, -0.25) is 0 Å². The minimum atomic E-state index is -0.542. The molecule has 1 aliphatic heterocycles.